The summed E-state index contributed by atoms with van der Waals surface area (Å²) in [6.07, 6.45) is 6.92. The highest BCUT2D eigenvalue weighted by atomic mass is 32.2. The van der Waals surface area contributed by atoms with Crippen LogP contribution in [0.25, 0.3) is 0 Å². The van der Waals surface area contributed by atoms with Crippen molar-refractivity contribution in [3.63, 3.8) is 0 Å². The second-order valence-electron chi connectivity index (χ2n) is 5.24. The lowest BCUT2D eigenvalue weighted by atomic mass is 10.1. The van der Waals surface area contributed by atoms with Crippen LogP contribution in [0.2, 0.25) is 0 Å². The number of hydrogen-bond acceptors (Lipinski definition) is 3. The number of ether oxygens (including phenoxy) is 1. The maximum atomic E-state index is 5.81. The first-order valence-corrected chi connectivity index (χ1v) is 8.54. The molecule has 1 fully saturated rings. The van der Waals surface area contributed by atoms with E-state index in [9.17, 15) is 0 Å². The predicted octanol–water partition coefficient (Wildman–Crippen LogP) is 3.84. The zero-order valence-corrected chi connectivity index (χ0v) is 12.5. The van der Waals surface area contributed by atoms with Gasteiger partial charge < -0.3 is 10.5 Å². The molecule has 0 aliphatic heterocycles. The number of hydrogen-bond donors (Lipinski definition) is 1. The van der Waals surface area contributed by atoms with E-state index >= 15 is 0 Å². The Morgan fingerprint density at radius 3 is 2.79 bits per heavy atom. The fourth-order valence-electron chi connectivity index (χ4n) is 2.58. The zero-order chi connectivity index (χ0) is 13.3. The summed E-state index contributed by atoms with van der Waals surface area (Å²) in [5, 5.41) is 0. The molecule has 106 valence electrons. The summed E-state index contributed by atoms with van der Waals surface area (Å²) in [6.45, 7) is 1.35. The lowest BCUT2D eigenvalue weighted by Gasteiger charge is -2.11. The molecule has 2 rings (SSSR count). The molecule has 1 saturated carbocycles. The van der Waals surface area contributed by atoms with Gasteiger partial charge in [0.25, 0.3) is 0 Å². The topological polar surface area (TPSA) is 35.2 Å². The van der Waals surface area contributed by atoms with Crippen molar-refractivity contribution in [2.45, 2.75) is 38.6 Å². The van der Waals surface area contributed by atoms with E-state index in [2.05, 4.69) is 11.8 Å². The van der Waals surface area contributed by atoms with Crippen LogP contribution in [0.5, 0.6) is 5.75 Å². The third-order valence-electron chi connectivity index (χ3n) is 3.71. The number of rotatable bonds is 8. The molecule has 1 aliphatic carbocycles. The van der Waals surface area contributed by atoms with Crippen molar-refractivity contribution >= 4 is 11.8 Å². The number of nitrogens with two attached hydrogens (primary N) is 1. The van der Waals surface area contributed by atoms with Crippen LogP contribution in [-0.2, 0) is 6.54 Å². The van der Waals surface area contributed by atoms with Gasteiger partial charge in [0.15, 0.2) is 0 Å². The Labute approximate surface area is 121 Å². The molecule has 0 heterocycles. The van der Waals surface area contributed by atoms with Crippen molar-refractivity contribution in [3.05, 3.63) is 29.8 Å². The molecule has 0 atom stereocenters. The third kappa shape index (κ3) is 5.07. The minimum atomic E-state index is 0.548. The highest BCUT2D eigenvalue weighted by Gasteiger charge is 2.14. The standard InChI is InChI=1S/C16H25NOS/c17-12-15-8-3-4-9-16(15)18-10-5-11-19-13-14-6-1-2-7-14/h3-4,8-9,14H,1-2,5-7,10-13,17H2. The van der Waals surface area contributed by atoms with Gasteiger partial charge in [-0.15, -0.1) is 0 Å². The smallest absolute Gasteiger partial charge is 0.123 e. The Bertz CT molecular complexity index is 364. The van der Waals surface area contributed by atoms with E-state index in [4.69, 9.17) is 10.5 Å². The predicted molar refractivity (Wildman–Crippen MR) is 83.7 cm³/mol. The Balaban J connectivity index is 1.56. The molecule has 1 aromatic carbocycles. The van der Waals surface area contributed by atoms with Crippen molar-refractivity contribution in [3.8, 4) is 5.75 Å². The summed E-state index contributed by atoms with van der Waals surface area (Å²) < 4.78 is 5.81. The van der Waals surface area contributed by atoms with E-state index in [1.165, 1.54) is 37.2 Å². The lowest BCUT2D eigenvalue weighted by molar-refractivity contribution is 0.315. The first kappa shape index (κ1) is 14.7. The Hall–Kier alpha value is -0.670. The van der Waals surface area contributed by atoms with Crippen molar-refractivity contribution in [2.75, 3.05) is 18.1 Å². The van der Waals surface area contributed by atoms with Crippen molar-refractivity contribution in [2.24, 2.45) is 11.7 Å². The molecule has 0 bridgehead atoms. The Kier molecular flexibility index (Phi) is 6.58. The van der Waals surface area contributed by atoms with Crippen molar-refractivity contribution < 1.29 is 4.74 Å². The van der Waals surface area contributed by atoms with Crippen LogP contribution in [0.1, 0.15) is 37.7 Å². The summed E-state index contributed by atoms with van der Waals surface area (Å²) in [4.78, 5) is 0. The van der Waals surface area contributed by atoms with Gasteiger partial charge in [0, 0.05) is 12.1 Å². The van der Waals surface area contributed by atoms with Gasteiger partial charge in [-0.25, -0.2) is 0 Å². The first-order chi connectivity index (χ1) is 9.40. The summed E-state index contributed by atoms with van der Waals surface area (Å²) in [7, 11) is 0. The monoisotopic (exact) mass is 279 g/mol. The fraction of sp³-hybridized carbons (Fsp3) is 0.625. The maximum Gasteiger partial charge on any atom is 0.123 e. The molecule has 2 N–H and O–H groups in total. The van der Waals surface area contributed by atoms with Crippen LogP contribution in [0.15, 0.2) is 24.3 Å². The Morgan fingerprint density at radius 2 is 2.00 bits per heavy atom. The molecule has 3 heteroatoms. The molecule has 1 aliphatic rings. The molecule has 0 radical (unpaired) electrons. The summed E-state index contributed by atoms with van der Waals surface area (Å²) in [5.74, 6) is 4.50. The normalized spacial score (nSPS) is 15.8. The van der Waals surface area contributed by atoms with Gasteiger partial charge in [-0.05, 0) is 42.8 Å². The number of thioether (sulfide) groups is 1. The highest BCUT2D eigenvalue weighted by Crippen LogP contribution is 2.28. The highest BCUT2D eigenvalue weighted by molar-refractivity contribution is 7.99. The van der Waals surface area contributed by atoms with Crippen molar-refractivity contribution in [1.82, 2.24) is 0 Å². The summed E-state index contributed by atoms with van der Waals surface area (Å²) in [6, 6.07) is 8.05. The van der Waals surface area contributed by atoms with Gasteiger partial charge in [0.1, 0.15) is 5.75 Å². The SMILES string of the molecule is NCc1ccccc1OCCCSCC1CCCC1. The van der Waals surface area contributed by atoms with E-state index in [0.29, 0.717) is 6.54 Å². The van der Waals surface area contributed by atoms with E-state index in [0.717, 1.165) is 30.3 Å². The molecule has 0 unspecified atom stereocenters. The van der Waals surface area contributed by atoms with Crippen LogP contribution in [-0.4, -0.2) is 18.1 Å². The van der Waals surface area contributed by atoms with Crippen LogP contribution in [0.4, 0.5) is 0 Å². The minimum Gasteiger partial charge on any atom is -0.493 e. The first-order valence-electron chi connectivity index (χ1n) is 7.38. The molecule has 2 nitrogen and oxygen atoms in total. The minimum absolute atomic E-state index is 0.548. The molecular weight excluding hydrogens is 254 g/mol. The summed E-state index contributed by atoms with van der Waals surface area (Å²) >= 11 is 2.09. The number of para-hydroxylation sites is 1. The molecule has 0 amide bonds. The van der Waals surface area contributed by atoms with E-state index < -0.39 is 0 Å². The molecule has 0 spiro atoms. The summed E-state index contributed by atoms with van der Waals surface area (Å²) in [5.41, 5.74) is 6.79. The quantitative estimate of drug-likeness (QED) is 0.734. The van der Waals surface area contributed by atoms with Gasteiger partial charge in [0.2, 0.25) is 0 Å². The van der Waals surface area contributed by atoms with E-state index in [1.54, 1.807) is 0 Å². The van der Waals surface area contributed by atoms with Gasteiger partial charge >= 0.3 is 0 Å². The molecular formula is C16H25NOS. The van der Waals surface area contributed by atoms with Gasteiger partial charge in [-0.1, -0.05) is 31.0 Å². The molecule has 0 saturated heterocycles. The van der Waals surface area contributed by atoms with E-state index in [-0.39, 0.29) is 0 Å². The number of benzene rings is 1. The third-order valence-corrected chi connectivity index (χ3v) is 5.00. The largest absolute Gasteiger partial charge is 0.493 e. The van der Waals surface area contributed by atoms with Crippen molar-refractivity contribution in [1.29, 1.82) is 0 Å². The van der Waals surface area contributed by atoms with Crippen LogP contribution < -0.4 is 10.5 Å². The second-order valence-corrected chi connectivity index (χ2v) is 6.39. The maximum absolute atomic E-state index is 5.81. The van der Waals surface area contributed by atoms with Gasteiger partial charge in [-0.3, -0.25) is 0 Å². The van der Waals surface area contributed by atoms with E-state index in [1.807, 2.05) is 24.3 Å². The lowest BCUT2D eigenvalue weighted by Crippen LogP contribution is -2.05. The van der Waals surface area contributed by atoms with Crippen LogP contribution in [0, 0.1) is 5.92 Å². The molecule has 19 heavy (non-hydrogen) atoms. The Morgan fingerprint density at radius 1 is 1.21 bits per heavy atom. The second kappa shape index (κ2) is 8.49. The average Bonchev–Trinajstić information content (AvgIpc) is 2.96. The van der Waals surface area contributed by atoms with Gasteiger partial charge in [-0.2, -0.15) is 11.8 Å². The fourth-order valence-corrected chi connectivity index (χ4v) is 3.74. The zero-order valence-electron chi connectivity index (χ0n) is 11.6. The van der Waals surface area contributed by atoms with Gasteiger partial charge in [0.05, 0.1) is 6.61 Å². The molecule has 0 aromatic heterocycles. The van der Waals surface area contributed by atoms with Crippen LogP contribution in [0.3, 0.4) is 0 Å². The molecule has 1 aromatic rings. The van der Waals surface area contributed by atoms with Crippen LogP contribution >= 0.6 is 11.8 Å². The average molecular weight is 279 g/mol.